The summed E-state index contributed by atoms with van der Waals surface area (Å²) in [5.41, 5.74) is 1.88. The first-order valence-corrected chi connectivity index (χ1v) is 10.2. The highest BCUT2D eigenvalue weighted by molar-refractivity contribution is 7.92. The highest BCUT2D eigenvalue weighted by Crippen LogP contribution is 2.31. The molecule has 0 bridgehead atoms. The molecule has 0 aliphatic carbocycles. The lowest BCUT2D eigenvalue weighted by Crippen LogP contribution is -2.36. The van der Waals surface area contributed by atoms with Gasteiger partial charge in [-0.3, -0.25) is 13.9 Å². The number of carbonyl (C=O) groups is 2. The molecule has 0 atom stereocenters. The molecular weight excluding hydrogens is 342 g/mol. The average Bonchev–Trinajstić information content (AvgIpc) is 2.52. The van der Waals surface area contributed by atoms with Crippen molar-refractivity contribution in [3.8, 4) is 0 Å². The van der Waals surface area contributed by atoms with Crippen molar-refractivity contribution in [2.75, 3.05) is 29.0 Å². The van der Waals surface area contributed by atoms with Crippen LogP contribution < -0.4 is 14.9 Å². The van der Waals surface area contributed by atoms with Gasteiger partial charge in [0, 0.05) is 18.8 Å². The van der Waals surface area contributed by atoms with E-state index in [0.29, 0.717) is 30.4 Å². The highest BCUT2D eigenvalue weighted by atomic mass is 32.2. The average molecular weight is 367 g/mol. The van der Waals surface area contributed by atoms with Crippen molar-refractivity contribution in [1.82, 2.24) is 5.32 Å². The Labute approximate surface area is 148 Å². The number of nitrogens with one attached hydrogen (secondary N) is 2. The van der Waals surface area contributed by atoms with Gasteiger partial charge < -0.3 is 10.6 Å². The fourth-order valence-electron chi connectivity index (χ4n) is 2.71. The number of benzene rings is 1. The Kier molecular flexibility index (Phi) is 6.05. The van der Waals surface area contributed by atoms with Gasteiger partial charge in [0.2, 0.25) is 10.0 Å². The molecule has 0 fully saturated rings. The van der Waals surface area contributed by atoms with Crippen molar-refractivity contribution in [1.29, 1.82) is 0 Å². The second-order valence-corrected chi connectivity index (χ2v) is 8.58. The largest absolute Gasteiger partial charge is 0.348 e. The van der Waals surface area contributed by atoms with Crippen LogP contribution in [0.2, 0.25) is 0 Å². The molecule has 2 N–H and O–H groups in total. The van der Waals surface area contributed by atoms with Crippen molar-refractivity contribution in [3.63, 3.8) is 0 Å². The van der Waals surface area contributed by atoms with Crippen LogP contribution in [0.4, 0.5) is 11.4 Å². The second kappa shape index (κ2) is 7.86. The van der Waals surface area contributed by atoms with Crippen LogP contribution in [0, 0.1) is 5.92 Å². The van der Waals surface area contributed by atoms with E-state index in [2.05, 4.69) is 10.6 Å². The standard InChI is InChI=1S/C17H25N3O4S/c1-12(2)8-9-18-16(21)17(22)19-14-7-6-13-5-4-10-20(15(13)11-14)25(3,23)24/h6-7,11-12H,4-5,8-10H2,1-3H3,(H,18,21)(H,19,22). The summed E-state index contributed by atoms with van der Waals surface area (Å²) in [5.74, 6) is -1.02. The topological polar surface area (TPSA) is 95.6 Å². The van der Waals surface area contributed by atoms with Crippen molar-refractivity contribution in [3.05, 3.63) is 23.8 Å². The van der Waals surface area contributed by atoms with Crippen LogP contribution in [0.25, 0.3) is 0 Å². The predicted octanol–water partition coefficient (Wildman–Crippen LogP) is 1.50. The molecule has 0 unspecified atom stereocenters. The molecule has 0 saturated carbocycles. The number of anilines is 2. The zero-order valence-corrected chi connectivity index (χ0v) is 15.6. The number of fused-ring (bicyclic) bond motifs is 1. The van der Waals surface area contributed by atoms with Gasteiger partial charge in [-0.25, -0.2) is 8.42 Å². The van der Waals surface area contributed by atoms with Crippen LogP contribution >= 0.6 is 0 Å². The number of sulfonamides is 1. The molecule has 7 nitrogen and oxygen atoms in total. The lowest BCUT2D eigenvalue weighted by Gasteiger charge is -2.29. The van der Waals surface area contributed by atoms with E-state index in [1.807, 2.05) is 13.8 Å². The number of rotatable bonds is 5. The van der Waals surface area contributed by atoms with Crippen molar-refractivity contribution in [2.45, 2.75) is 33.1 Å². The van der Waals surface area contributed by atoms with Gasteiger partial charge in [-0.2, -0.15) is 0 Å². The van der Waals surface area contributed by atoms with Crippen LogP contribution in [-0.4, -0.2) is 39.6 Å². The van der Waals surface area contributed by atoms with Gasteiger partial charge in [-0.05, 0) is 42.9 Å². The predicted molar refractivity (Wildman–Crippen MR) is 98.0 cm³/mol. The van der Waals surface area contributed by atoms with Crippen molar-refractivity contribution >= 4 is 33.2 Å². The number of hydrogen-bond donors (Lipinski definition) is 2. The molecule has 0 saturated heterocycles. The van der Waals surface area contributed by atoms with E-state index in [-0.39, 0.29) is 0 Å². The number of hydrogen-bond acceptors (Lipinski definition) is 4. The second-order valence-electron chi connectivity index (χ2n) is 6.67. The zero-order valence-electron chi connectivity index (χ0n) is 14.8. The molecule has 138 valence electrons. The minimum absolute atomic E-state index is 0.401. The van der Waals surface area contributed by atoms with Crippen molar-refractivity contribution in [2.24, 2.45) is 5.92 Å². The third kappa shape index (κ3) is 5.19. The zero-order chi connectivity index (χ0) is 18.6. The Morgan fingerprint density at radius 1 is 1.24 bits per heavy atom. The van der Waals surface area contributed by atoms with E-state index in [0.717, 1.165) is 31.1 Å². The quantitative estimate of drug-likeness (QED) is 0.771. The maximum Gasteiger partial charge on any atom is 0.313 e. The number of amides is 2. The molecule has 0 radical (unpaired) electrons. The molecule has 1 aliphatic rings. The van der Waals surface area contributed by atoms with E-state index in [1.165, 1.54) is 4.31 Å². The van der Waals surface area contributed by atoms with Crippen LogP contribution in [0.5, 0.6) is 0 Å². The van der Waals surface area contributed by atoms with Crippen LogP contribution in [0.1, 0.15) is 32.3 Å². The molecule has 1 aromatic carbocycles. The minimum atomic E-state index is -3.38. The molecule has 2 amide bonds. The van der Waals surface area contributed by atoms with E-state index >= 15 is 0 Å². The lowest BCUT2D eigenvalue weighted by molar-refractivity contribution is -0.136. The number of carbonyl (C=O) groups excluding carboxylic acids is 2. The Morgan fingerprint density at radius 2 is 1.96 bits per heavy atom. The van der Waals surface area contributed by atoms with Gasteiger partial charge in [-0.15, -0.1) is 0 Å². The molecule has 0 aromatic heterocycles. The summed E-state index contributed by atoms with van der Waals surface area (Å²) in [7, 11) is -3.38. The summed E-state index contributed by atoms with van der Waals surface area (Å²) in [6.45, 7) is 4.93. The van der Waals surface area contributed by atoms with Crippen LogP contribution in [0.15, 0.2) is 18.2 Å². The maximum atomic E-state index is 12.0. The molecule has 1 aliphatic heterocycles. The highest BCUT2D eigenvalue weighted by Gasteiger charge is 2.24. The molecule has 1 heterocycles. The first-order valence-electron chi connectivity index (χ1n) is 8.38. The Bertz CT molecular complexity index is 759. The van der Waals surface area contributed by atoms with Gasteiger partial charge in [-0.1, -0.05) is 19.9 Å². The molecule has 8 heteroatoms. The lowest BCUT2D eigenvalue weighted by atomic mass is 10.0. The smallest absolute Gasteiger partial charge is 0.313 e. The van der Waals surface area contributed by atoms with E-state index in [4.69, 9.17) is 0 Å². The Morgan fingerprint density at radius 3 is 2.60 bits per heavy atom. The van der Waals surface area contributed by atoms with Gasteiger partial charge >= 0.3 is 11.8 Å². The maximum absolute atomic E-state index is 12.0. The first-order chi connectivity index (χ1) is 11.7. The summed E-state index contributed by atoms with van der Waals surface area (Å²) >= 11 is 0. The summed E-state index contributed by atoms with van der Waals surface area (Å²) in [4.78, 5) is 23.8. The molecule has 1 aromatic rings. The molecule has 25 heavy (non-hydrogen) atoms. The van der Waals surface area contributed by atoms with Gasteiger partial charge in [0.05, 0.1) is 11.9 Å². The summed E-state index contributed by atoms with van der Waals surface area (Å²) in [6, 6.07) is 5.08. The number of aryl methyl sites for hydroxylation is 1. The molecule has 0 spiro atoms. The third-order valence-electron chi connectivity index (χ3n) is 4.03. The SMILES string of the molecule is CC(C)CCNC(=O)C(=O)Nc1ccc2c(c1)N(S(C)(=O)=O)CCC2. The van der Waals surface area contributed by atoms with Crippen molar-refractivity contribution < 1.29 is 18.0 Å². The molecular formula is C17H25N3O4S. The normalized spacial score (nSPS) is 14.2. The minimum Gasteiger partial charge on any atom is -0.348 e. The Hall–Kier alpha value is -2.09. The first kappa shape index (κ1) is 19.2. The molecule has 2 rings (SSSR count). The third-order valence-corrected chi connectivity index (χ3v) is 5.21. The van der Waals surface area contributed by atoms with Crippen LogP contribution in [0.3, 0.4) is 0 Å². The van der Waals surface area contributed by atoms with E-state index in [9.17, 15) is 18.0 Å². The summed E-state index contributed by atoms with van der Waals surface area (Å²) in [5, 5.41) is 5.10. The van der Waals surface area contributed by atoms with E-state index < -0.39 is 21.8 Å². The fourth-order valence-corrected chi connectivity index (χ4v) is 3.69. The van der Waals surface area contributed by atoms with Crippen LogP contribution in [-0.2, 0) is 26.0 Å². The van der Waals surface area contributed by atoms with Gasteiger partial charge in [0.15, 0.2) is 0 Å². The summed E-state index contributed by atoms with van der Waals surface area (Å²) < 4.78 is 25.2. The van der Waals surface area contributed by atoms with Gasteiger partial charge in [0.1, 0.15) is 0 Å². The Balaban J connectivity index is 2.09. The number of nitrogens with zero attached hydrogens (tertiary/aromatic N) is 1. The monoisotopic (exact) mass is 367 g/mol. The van der Waals surface area contributed by atoms with E-state index in [1.54, 1.807) is 18.2 Å². The van der Waals surface area contributed by atoms with Gasteiger partial charge in [0.25, 0.3) is 0 Å². The summed E-state index contributed by atoms with van der Waals surface area (Å²) in [6.07, 6.45) is 3.49. The fraction of sp³-hybridized carbons (Fsp3) is 0.529.